The number of nitrogens with one attached hydrogen (secondary N) is 1. The molecule has 0 saturated carbocycles. The minimum atomic E-state index is -1.07. The van der Waals surface area contributed by atoms with Gasteiger partial charge < -0.3 is 24.1 Å². The summed E-state index contributed by atoms with van der Waals surface area (Å²) in [6.45, 7) is 1.58. The molecule has 10 heteroatoms. The number of hydrogen-bond donors (Lipinski definition) is 1. The number of hydrogen-bond acceptors (Lipinski definition) is 6. The summed E-state index contributed by atoms with van der Waals surface area (Å²) in [5, 5.41) is 2.90. The summed E-state index contributed by atoms with van der Waals surface area (Å²) < 4.78 is 31.2. The molecule has 3 aliphatic rings. The molecular formula is C25H28FN3O6. The van der Waals surface area contributed by atoms with E-state index in [1.807, 2.05) is 0 Å². The van der Waals surface area contributed by atoms with Crippen molar-refractivity contribution in [3.05, 3.63) is 59.8 Å². The fraction of sp³-hybridized carbons (Fsp3) is 0.480. The average molecular weight is 486 g/mol. The second-order valence-electron chi connectivity index (χ2n) is 9.08. The number of ether oxygens (including phenoxy) is 2. The predicted molar refractivity (Wildman–Crippen MR) is 121 cm³/mol. The first-order valence-corrected chi connectivity index (χ1v) is 11.9. The molecule has 3 aliphatic heterocycles. The topological polar surface area (TPSA) is 101 Å². The summed E-state index contributed by atoms with van der Waals surface area (Å²) in [6.07, 6.45) is 3.79. The Hall–Kier alpha value is -3.24. The molecule has 5 rings (SSSR count). The lowest BCUT2D eigenvalue weighted by Gasteiger charge is -2.44. The second-order valence-corrected chi connectivity index (χ2v) is 9.08. The van der Waals surface area contributed by atoms with Gasteiger partial charge in [0.05, 0.1) is 24.5 Å². The van der Waals surface area contributed by atoms with Crippen LogP contribution in [0.2, 0.25) is 0 Å². The number of piperidine rings is 1. The van der Waals surface area contributed by atoms with Crippen LogP contribution in [0.15, 0.2) is 47.1 Å². The highest BCUT2D eigenvalue weighted by atomic mass is 19.1. The molecule has 1 N–H and O–H groups in total. The van der Waals surface area contributed by atoms with Crippen LogP contribution in [0.4, 0.5) is 4.39 Å². The lowest BCUT2D eigenvalue weighted by Crippen LogP contribution is -2.60. The Labute approximate surface area is 202 Å². The van der Waals surface area contributed by atoms with Crippen LogP contribution in [-0.4, -0.2) is 78.2 Å². The van der Waals surface area contributed by atoms with E-state index < -0.39 is 29.4 Å². The van der Waals surface area contributed by atoms with Gasteiger partial charge in [-0.05, 0) is 37.1 Å². The van der Waals surface area contributed by atoms with Gasteiger partial charge in [-0.2, -0.15) is 0 Å². The molecule has 9 nitrogen and oxygen atoms in total. The first kappa shape index (κ1) is 23.5. The summed E-state index contributed by atoms with van der Waals surface area (Å²) in [7, 11) is 0. The molecule has 3 fully saturated rings. The Morgan fingerprint density at radius 2 is 1.89 bits per heavy atom. The van der Waals surface area contributed by atoms with E-state index in [1.54, 1.807) is 23.1 Å². The summed E-state index contributed by atoms with van der Waals surface area (Å²) >= 11 is 0. The van der Waals surface area contributed by atoms with E-state index in [-0.39, 0.29) is 55.9 Å². The number of carbonyl (C=O) groups is 3. The highest BCUT2D eigenvalue weighted by Crippen LogP contribution is 2.39. The van der Waals surface area contributed by atoms with Gasteiger partial charge in [-0.15, -0.1) is 0 Å². The van der Waals surface area contributed by atoms with Crippen LogP contribution < -0.4 is 5.32 Å². The summed E-state index contributed by atoms with van der Waals surface area (Å²) in [5.41, 5.74) is -1.06. The van der Waals surface area contributed by atoms with E-state index in [4.69, 9.17) is 13.9 Å². The van der Waals surface area contributed by atoms with Crippen LogP contribution >= 0.6 is 0 Å². The zero-order valence-electron chi connectivity index (χ0n) is 19.3. The SMILES string of the molecule is O=C(NC[C@@H]1CCCO1)[C@@H]1COC2(CCN(C(=O)c3ccccc3F)CC2)N1C(=O)c1ccco1. The van der Waals surface area contributed by atoms with Crippen LogP contribution in [0.5, 0.6) is 0 Å². The Balaban J connectivity index is 1.32. The smallest absolute Gasteiger partial charge is 0.292 e. The molecule has 2 aromatic rings. The van der Waals surface area contributed by atoms with Crippen molar-refractivity contribution >= 4 is 17.7 Å². The predicted octanol–water partition coefficient (Wildman–Crippen LogP) is 2.19. The summed E-state index contributed by atoms with van der Waals surface area (Å²) in [4.78, 5) is 42.5. The van der Waals surface area contributed by atoms with E-state index in [1.165, 1.54) is 29.4 Å². The Kier molecular flexibility index (Phi) is 6.57. The number of likely N-dealkylation sites (tertiary alicyclic amines) is 1. The van der Waals surface area contributed by atoms with E-state index in [2.05, 4.69) is 5.32 Å². The molecule has 1 aromatic carbocycles. The quantitative estimate of drug-likeness (QED) is 0.697. The highest BCUT2D eigenvalue weighted by molar-refractivity contribution is 5.97. The molecule has 3 saturated heterocycles. The fourth-order valence-electron chi connectivity index (χ4n) is 5.09. The molecule has 1 aromatic heterocycles. The molecule has 186 valence electrons. The van der Waals surface area contributed by atoms with Gasteiger partial charge in [-0.3, -0.25) is 19.3 Å². The van der Waals surface area contributed by atoms with Crippen LogP contribution in [0, 0.1) is 5.82 Å². The van der Waals surface area contributed by atoms with Crippen molar-refractivity contribution in [3.8, 4) is 0 Å². The number of carbonyl (C=O) groups excluding carboxylic acids is 3. The maximum Gasteiger partial charge on any atom is 0.292 e. The van der Waals surface area contributed by atoms with Crippen LogP contribution in [-0.2, 0) is 14.3 Å². The van der Waals surface area contributed by atoms with Gasteiger partial charge in [-0.25, -0.2) is 4.39 Å². The fourth-order valence-corrected chi connectivity index (χ4v) is 5.09. The van der Waals surface area contributed by atoms with Gasteiger partial charge in [0.15, 0.2) is 5.76 Å². The normalized spacial score (nSPS) is 23.6. The first-order chi connectivity index (χ1) is 17.0. The monoisotopic (exact) mass is 485 g/mol. The third-order valence-electron chi connectivity index (χ3n) is 6.98. The van der Waals surface area contributed by atoms with Gasteiger partial charge in [0.1, 0.15) is 17.6 Å². The van der Waals surface area contributed by atoms with Crippen LogP contribution in [0.25, 0.3) is 0 Å². The average Bonchev–Trinajstić information content (AvgIpc) is 3.65. The molecule has 4 heterocycles. The zero-order chi connectivity index (χ0) is 24.4. The third-order valence-corrected chi connectivity index (χ3v) is 6.98. The largest absolute Gasteiger partial charge is 0.459 e. The minimum Gasteiger partial charge on any atom is -0.459 e. The Bertz CT molecular complexity index is 1080. The molecule has 0 radical (unpaired) electrons. The van der Waals surface area contributed by atoms with Crippen molar-refractivity contribution in [3.63, 3.8) is 0 Å². The molecule has 3 amide bonds. The van der Waals surface area contributed by atoms with E-state index in [0.717, 1.165) is 12.8 Å². The standard InChI is InChI=1S/C25H28FN3O6/c26-19-7-2-1-6-18(19)23(31)28-11-9-25(10-12-28)29(24(32)21-8-4-14-34-21)20(16-35-25)22(30)27-15-17-5-3-13-33-17/h1-2,4,6-8,14,17,20H,3,5,9-13,15-16H2,(H,27,30)/t17-,20-/m0/s1. The lowest BCUT2D eigenvalue weighted by atomic mass is 9.96. The number of amides is 3. The minimum absolute atomic E-state index is 0.00527. The molecular weight excluding hydrogens is 457 g/mol. The zero-order valence-corrected chi connectivity index (χ0v) is 19.3. The molecule has 0 bridgehead atoms. The van der Waals surface area contributed by atoms with Crippen molar-refractivity contribution in [2.75, 3.05) is 32.8 Å². The lowest BCUT2D eigenvalue weighted by molar-refractivity contribution is -0.128. The van der Waals surface area contributed by atoms with Crippen molar-refractivity contribution in [1.29, 1.82) is 0 Å². The maximum atomic E-state index is 14.2. The number of benzene rings is 1. The second kappa shape index (κ2) is 9.79. The molecule has 35 heavy (non-hydrogen) atoms. The summed E-state index contributed by atoms with van der Waals surface area (Å²) in [5.74, 6) is -1.64. The van der Waals surface area contributed by atoms with Crippen molar-refractivity contribution < 1.29 is 32.7 Å². The number of nitrogens with zero attached hydrogens (tertiary/aromatic N) is 2. The van der Waals surface area contributed by atoms with Crippen molar-refractivity contribution in [2.24, 2.45) is 0 Å². The number of rotatable bonds is 5. The van der Waals surface area contributed by atoms with Gasteiger partial charge in [0, 0.05) is 39.1 Å². The van der Waals surface area contributed by atoms with Crippen LogP contribution in [0.1, 0.15) is 46.6 Å². The van der Waals surface area contributed by atoms with Gasteiger partial charge in [0.2, 0.25) is 5.91 Å². The van der Waals surface area contributed by atoms with Gasteiger partial charge >= 0.3 is 0 Å². The third kappa shape index (κ3) is 4.55. The maximum absolute atomic E-state index is 14.2. The van der Waals surface area contributed by atoms with Gasteiger partial charge in [-0.1, -0.05) is 12.1 Å². The van der Waals surface area contributed by atoms with E-state index in [9.17, 15) is 18.8 Å². The van der Waals surface area contributed by atoms with E-state index >= 15 is 0 Å². The Morgan fingerprint density at radius 1 is 1.09 bits per heavy atom. The summed E-state index contributed by atoms with van der Waals surface area (Å²) in [6, 6.07) is 8.17. The number of furan rings is 1. The van der Waals surface area contributed by atoms with Crippen molar-refractivity contribution in [1.82, 2.24) is 15.1 Å². The molecule has 1 spiro atoms. The molecule has 0 unspecified atom stereocenters. The van der Waals surface area contributed by atoms with Crippen molar-refractivity contribution in [2.45, 2.75) is 43.6 Å². The molecule has 2 atom stereocenters. The van der Waals surface area contributed by atoms with Crippen LogP contribution in [0.3, 0.4) is 0 Å². The first-order valence-electron chi connectivity index (χ1n) is 11.9. The number of halogens is 1. The highest BCUT2D eigenvalue weighted by Gasteiger charge is 2.54. The molecule has 0 aliphatic carbocycles. The van der Waals surface area contributed by atoms with Gasteiger partial charge in [0.25, 0.3) is 11.8 Å². The Morgan fingerprint density at radius 3 is 2.57 bits per heavy atom. The van der Waals surface area contributed by atoms with E-state index in [0.29, 0.717) is 13.2 Å².